The Morgan fingerprint density at radius 2 is 2.21 bits per heavy atom. The van der Waals surface area contributed by atoms with Crippen LogP contribution in [-0.4, -0.2) is 6.04 Å². The smallest absolute Gasteiger partial charge is 0.0498 e. The lowest BCUT2D eigenvalue weighted by molar-refractivity contribution is 0.561. The van der Waals surface area contributed by atoms with Gasteiger partial charge in [0.25, 0.3) is 0 Å². The molecule has 2 rings (SSSR count). The summed E-state index contributed by atoms with van der Waals surface area (Å²) < 4.78 is 0. The summed E-state index contributed by atoms with van der Waals surface area (Å²) in [6.45, 7) is 2.14. The van der Waals surface area contributed by atoms with Gasteiger partial charge < -0.3 is 5.73 Å². The summed E-state index contributed by atoms with van der Waals surface area (Å²) in [4.78, 5) is 0. The van der Waals surface area contributed by atoms with Gasteiger partial charge in [0.15, 0.2) is 0 Å². The highest BCUT2D eigenvalue weighted by molar-refractivity contribution is 6.30. The van der Waals surface area contributed by atoms with E-state index in [-0.39, 0.29) is 0 Å². The number of hydrazine groups is 1. The van der Waals surface area contributed by atoms with E-state index in [4.69, 9.17) is 17.3 Å². The zero-order valence-corrected chi connectivity index (χ0v) is 8.81. The van der Waals surface area contributed by atoms with Gasteiger partial charge in [0.1, 0.15) is 0 Å². The highest BCUT2D eigenvalue weighted by Crippen LogP contribution is 2.28. The predicted molar refractivity (Wildman–Crippen MR) is 59.0 cm³/mol. The first-order valence-electron chi connectivity index (χ1n) is 4.73. The first kappa shape index (κ1) is 9.77. The van der Waals surface area contributed by atoms with Crippen molar-refractivity contribution in [3.8, 4) is 0 Å². The van der Waals surface area contributed by atoms with E-state index in [0.717, 1.165) is 17.7 Å². The molecule has 1 aliphatic heterocycles. The van der Waals surface area contributed by atoms with Crippen molar-refractivity contribution in [2.45, 2.75) is 25.4 Å². The van der Waals surface area contributed by atoms with Crippen LogP contribution in [0.25, 0.3) is 0 Å². The Kier molecular flexibility index (Phi) is 2.63. The maximum Gasteiger partial charge on any atom is 0.0498 e. The van der Waals surface area contributed by atoms with E-state index in [0.29, 0.717) is 17.1 Å². The molecule has 76 valence electrons. The second-order valence-corrected chi connectivity index (χ2v) is 4.19. The predicted octanol–water partition coefficient (Wildman–Crippen LogP) is 1.85. The van der Waals surface area contributed by atoms with Gasteiger partial charge >= 0.3 is 0 Å². The minimum atomic E-state index is 0.294. The van der Waals surface area contributed by atoms with Gasteiger partial charge in [-0.3, -0.25) is 5.43 Å². The third kappa shape index (κ3) is 1.85. The van der Waals surface area contributed by atoms with Crippen LogP contribution in [-0.2, 0) is 0 Å². The van der Waals surface area contributed by atoms with Crippen LogP contribution in [0.3, 0.4) is 0 Å². The Bertz CT molecular complexity index is 340. The fraction of sp³-hybridized carbons (Fsp3) is 0.400. The van der Waals surface area contributed by atoms with E-state index in [2.05, 4.69) is 17.8 Å². The Labute approximate surface area is 88.6 Å². The number of nitrogens with one attached hydrogen (secondary N) is 2. The Morgan fingerprint density at radius 3 is 2.79 bits per heavy atom. The van der Waals surface area contributed by atoms with Crippen LogP contribution in [0.1, 0.15) is 24.9 Å². The number of hydrogen-bond donors (Lipinski definition) is 3. The zero-order chi connectivity index (χ0) is 10.1. The topological polar surface area (TPSA) is 50.1 Å². The van der Waals surface area contributed by atoms with Crippen LogP contribution in [0.2, 0.25) is 5.02 Å². The number of hydrogen-bond acceptors (Lipinski definition) is 3. The molecule has 3 nitrogen and oxygen atoms in total. The van der Waals surface area contributed by atoms with Crippen LogP contribution in [0, 0.1) is 0 Å². The maximum atomic E-state index is 5.89. The standard InChI is InChI=1S/C10H14ClN3/c1-6-4-10(14-13-6)8-3-2-7(11)5-9(8)12/h2-3,5-6,10,13-14H,4,12H2,1H3. The molecule has 1 heterocycles. The van der Waals surface area contributed by atoms with Gasteiger partial charge in [-0.15, -0.1) is 0 Å². The van der Waals surface area contributed by atoms with Crippen molar-refractivity contribution in [3.05, 3.63) is 28.8 Å². The number of benzene rings is 1. The summed E-state index contributed by atoms with van der Waals surface area (Å²) in [6.07, 6.45) is 1.05. The van der Waals surface area contributed by atoms with E-state index in [9.17, 15) is 0 Å². The van der Waals surface area contributed by atoms with Crippen molar-refractivity contribution in [2.24, 2.45) is 0 Å². The van der Waals surface area contributed by atoms with Gasteiger partial charge in [-0.1, -0.05) is 17.7 Å². The van der Waals surface area contributed by atoms with Gasteiger partial charge in [0.05, 0.1) is 0 Å². The van der Waals surface area contributed by atoms with Crippen molar-refractivity contribution < 1.29 is 0 Å². The number of nitrogens with two attached hydrogens (primary N) is 1. The maximum absolute atomic E-state index is 5.89. The molecule has 0 spiro atoms. The first-order chi connectivity index (χ1) is 6.66. The molecular weight excluding hydrogens is 198 g/mol. The molecule has 2 atom stereocenters. The van der Waals surface area contributed by atoms with Crippen molar-refractivity contribution >= 4 is 17.3 Å². The second kappa shape index (κ2) is 3.77. The van der Waals surface area contributed by atoms with E-state index < -0.39 is 0 Å². The normalized spacial score (nSPS) is 26.7. The van der Waals surface area contributed by atoms with Gasteiger partial charge in [-0.2, -0.15) is 0 Å². The molecule has 4 N–H and O–H groups in total. The Balaban J connectivity index is 2.24. The number of rotatable bonds is 1. The molecule has 0 amide bonds. The molecule has 0 radical (unpaired) electrons. The first-order valence-corrected chi connectivity index (χ1v) is 5.10. The van der Waals surface area contributed by atoms with Gasteiger partial charge in [-0.25, -0.2) is 5.43 Å². The summed E-state index contributed by atoms with van der Waals surface area (Å²) in [5.74, 6) is 0. The van der Waals surface area contributed by atoms with Gasteiger partial charge in [0, 0.05) is 22.8 Å². The largest absolute Gasteiger partial charge is 0.398 e. The lowest BCUT2D eigenvalue weighted by Crippen LogP contribution is -2.29. The average molecular weight is 212 g/mol. The number of nitrogen functional groups attached to an aromatic ring is 1. The van der Waals surface area contributed by atoms with Crippen LogP contribution in [0.15, 0.2) is 18.2 Å². The van der Waals surface area contributed by atoms with Crippen LogP contribution in [0.4, 0.5) is 5.69 Å². The molecule has 0 saturated carbocycles. The third-order valence-electron chi connectivity index (χ3n) is 2.52. The molecule has 1 saturated heterocycles. The SMILES string of the molecule is CC1CC(c2ccc(Cl)cc2N)NN1. The molecular formula is C10H14ClN3. The van der Waals surface area contributed by atoms with E-state index in [1.165, 1.54) is 0 Å². The fourth-order valence-electron chi connectivity index (χ4n) is 1.78. The highest BCUT2D eigenvalue weighted by Gasteiger charge is 2.22. The Hall–Kier alpha value is -0.770. The molecule has 1 aromatic carbocycles. The van der Waals surface area contributed by atoms with Crippen molar-refractivity contribution in [1.82, 2.24) is 10.9 Å². The summed E-state index contributed by atoms with van der Waals surface area (Å²) >= 11 is 5.84. The molecule has 0 aliphatic carbocycles. The van der Waals surface area contributed by atoms with Gasteiger partial charge in [-0.05, 0) is 31.0 Å². The summed E-state index contributed by atoms with van der Waals surface area (Å²) in [7, 11) is 0. The second-order valence-electron chi connectivity index (χ2n) is 3.75. The quantitative estimate of drug-likeness (QED) is 0.622. The lowest BCUT2D eigenvalue weighted by atomic mass is 10.0. The number of halogens is 1. The minimum absolute atomic E-state index is 0.294. The van der Waals surface area contributed by atoms with Crippen LogP contribution >= 0.6 is 11.6 Å². The van der Waals surface area contributed by atoms with Crippen molar-refractivity contribution in [1.29, 1.82) is 0 Å². The van der Waals surface area contributed by atoms with Crippen LogP contribution < -0.4 is 16.6 Å². The van der Waals surface area contributed by atoms with E-state index in [1.54, 1.807) is 6.07 Å². The minimum Gasteiger partial charge on any atom is -0.398 e. The molecule has 1 aromatic rings. The average Bonchev–Trinajstić information content (AvgIpc) is 2.51. The molecule has 0 bridgehead atoms. The van der Waals surface area contributed by atoms with E-state index in [1.807, 2.05) is 12.1 Å². The zero-order valence-electron chi connectivity index (χ0n) is 8.05. The summed E-state index contributed by atoms with van der Waals surface area (Å²) in [5, 5.41) is 0.685. The van der Waals surface area contributed by atoms with Gasteiger partial charge in [0.2, 0.25) is 0 Å². The van der Waals surface area contributed by atoms with Crippen molar-refractivity contribution in [2.75, 3.05) is 5.73 Å². The molecule has 1 fully saturated rings. The fourth-order valence-corrected chi connectivity index (χ4v) is 1.96. The lowest BCUT2D eigenvalue weighted by Gasteiger charge is -2.12. The van der Waals surface area contributed by atoms with E-state index >= 15 is 0 Å². The molecule has 14 heavy (non-hydrogen) atoms. The molecule has 1 aliphatic rings. The number of anilines is 1. The molecule has 0 aromatic heterocycles. The third-order valence-corrected chi connectivity index (χ3v) is 2.75. The monoisotopic (exact) mass is 211 g/mol. The Morgan fingerprint density at radius 1 is 1.43 bits per heavy atom. The highest BCUT2D eigenvalue weighted by atomic mass is 35.5. The summed E-state index contributed by atoms with van der Waals surface area (Å²) in [5.41, 5.74) is 14.1. The molecule has 4 heteroatoms. The molecule has 2 unspecified atom stereocenters. The van der Waals surface area contributed by atoms with Crippen molar-refractivity contribution in [3.63, 3.8) is 0 Å². The summed E-state index contributed by atoms with van der Waals surface area (Å²) in [6, 6.07) is 6.42. The van der Waals surface area contributed by atoms with Crippen LogP contribution in [0.5, 0.6) is 0 Å².